The number of furan rings is 1. The van der Waals surface area contributed by atoms with E-state index in [1.807, 2.05) is 31.7 Å². The molecule has 0 bridgehead atoms. The van der Waals surface area contributed by atoms with Gasteiger partial charge in [0.1, 0.15) is 22.2 Å². The number of carbonyl (C=O) groups excluding carboxylic acids is 1. The minimum Gasteiger partial charge on any atom is -0.466 e. The normalized spacial score (nSPS) is 14.8. The third-order valence-electron chi connectivity index (χ3n) is 6.43. The van der Waals surface area contributed by atoms with Gasteiger partial charge in [-0.05, 0) is 39.3 Å². The predicted octanol–water partition coefficient (Wildman–Crippen LogP) is 4.44. The average molecular weight is 477 g/mol. The number of piperazine rings is 1. The first-order valence-electron chi connectivity index (χ1n) is 11.5. The highest BCUT2D eigenvalue weighted by Crippen LogP contribution is 2.35. The molecule has 0 aliphatic carbocycles. The molecule has 0 atom stereocenters. The van der Waals surface area contributed by atoms with Gasteiger partial charge in [-0.15, -0.1) is 11.3 Å². The topological polar surface area (TPSA) is 82.4 Å². The molecule has 4 heterocycles. The molecular formula is C26H28N4O3S. The highest BCUT2D eigenvalue weighted by Gasteiger charge is 2.25. The molecule has 5 rings (SSSR count). The number of fused-ring (bicyclic) bond motifs is 1. The fraction of sp³-hybridized carbons (Fsp3) is 0.346. The van der Waals surface area contributed by atoms with Crippen molar-refractivity contribution in [3.8, 4) is 11.1 Å². The van der Waals surface area contributed by atoms with Crippen LogP contribution in [0.25, 0.3) is 21.3 Å². The van der Waals surface area contributed by atoms with Crippen LogP contribution in [0.4, 0.5) is 0 Å². The number of hydrogen-bond donors (Lipinski definition) is 1. The Labute approximate surface area is 202 Å². The van der Waals surface area contributed by atoms with E-state index in [1.54, 1.807) is 11.3 Å². The van der Waals surface area contributed by atoms with Crippen LogP contribution in [0, 0.1) is 27.7 Å². The van der Waals surface area contributed by atoms with Crippen LogP contribution in [-0.4, -0.2) is 51.9 Å². The molecule has 1 saturated heterocycles. The number of aryl methyl sites for hydroxylation is 4. The predicted molar refractivity (Wildman–Crippen MR) is 135 cm³/mol. The first-order valence-corrected chi connectivity index (χ1v) is 12.3. The smallest absolute Gasteiger partial charge is 0.260 e. The first kappa shape index (κ1) is 22.6. The average Bonchev–Trinajstić information content (AvgIpc) is 3.32. The van der Waals surface area contributed by atoms with E-state index in [0.29, 0.717) is 42.2 Å². The number of nitrogens with zero attached hydrogens (tertiary/aromatic N) is 3. The Morgan fingerprint density at radius 1 is 1.09 bits per heavy atom. The Morgan fingerprint density at radius 2 is 1.79 bits per heavy atom. The van der Waals surface area contributed by atoms with Gasteiger partial charge in [-0.1, -0.05) is 29.8 Å². The maximum atomic E-state index is 13.1. The number of rotatable bonds is 4. The van der Waals surface area contributed by atoms with E-state index in [0.717, 1.165) is 39.7 Å². The van der Waals surface area contributed by atoms with Crippen molar-refractivity contribution in [2.24, 2.45) is 0 Å². The number of aromatic amines is 1. The van der Waals surface area contributed by atoms with Crippen molar-refractivity contribution in [2.75, 3.05) is 26.2 Å². The number of H-pyrrole nitrogens is 1. The molecule has 1 aromatic carbocycles. The lowest BCUT2D eigenvalue weighted by Gasteiger charge is -2.34. The third-order valence-corrected chi connectivity index (χ3v) is 7.43. The monoisotopic (exact) mass is 476 g/mol. The summed E-state index contributed by atoms with van der Waals surface area (Å²) in [7, 11) is 0. The van der Waals surface area contributed by atoms with Crippen molar-refractivity contribution < 1.29 is 9.21 Å². The number of benzene rings is 1. The quantitative estimate of drug-likeness (QED) is 0.471. The minimum absolute atomic E-state index is 0.0136. The van der Waals surface area contributed by atoms with Crippen molar-refractivity contribution in [2.45, 2.75) is 34.2 Å². The van der Waals surface area contributed by atoms with Gasteiger partial charge in [-0.25, -0.2) is 4.98 Å². The standard InChI is InChI=1S/C26H28N4O3S/c1-15-5-7-19(8-6-15)22-18(4)34-25-23(22)24(31)27-21(28-25)14-29-9-11-30(12-10-29)26(32)20-13-16(2)33-17(20)3/h5-8,13H,9-12,14H2,1-4H3,(H,27,28,31). The minimum atomic E-state index is -0.0976. The van der Waals surface area contributed by atoms with Crippen molar-refractivity contribution in [3.05, 3.63) is 74.0 Å². The zero-order valence-electron chi connectivity index (χ0n) is 19.9. The molecule has 0 saturated carbocycles. The number of thiophene rings is 1. The second kappa shape index (κ2) is 8.85. The summed E-state index contributed by atoms with van der Waals surface area (Å²) >= 11 is 1.56. The molecule has 7 nitrogen and oxygen atoms in total. The fourth-order valence-corrected chi connectivity index (χ4v) is 5.71. The summed E-state index contributed by atoms with van der Waals surface area (Å²) in [5.41, 5.74) is 3.74. The van der Waals surface area contributed by atoms with Crippen LogP contribution in [0.1, 0.15) is 38.1 Å². The number of aromatic nitrogens is 2. The van der Waals surface area contributed by atoms with Crippen molar-refractivity contribution in [3.63, 3.8) is 0 Å². The van der Waals surface area contributed by atoms with Crippen molar-refractivity contribution in [1.82, 2.24) is 19.8 Å². The van der Waals surface area contributed by atoms with Gasteiger partial charge in [0.2, 0.25) is 0 Å². The van der Waals surface area contributed by atoms with Gasteiger partial charge in [0.15, 0.2) is 0 Å². The lowest BCUT2D eigenvalue weighted by atomic mass is 10.0. The Bertz CT molecular complexity index is 1420. The largest absolute Gasteiger partial charge is 0.466 e. The summed E-state index contributed by atoms with van der Waals surface area (Å²) < 4.78 is 5.52. The van der Waals surface area contributed by atoms with Gasteiger partial charge in [0.25, 0.3) is 11.5 Å². The van der Waals surface area contributed by atoms with E-state index in [2.05, 4.69) is 41.1 Å². The van der Waals surface area contributed by atoms with Gasteiger partial charge < -0.3 is 14.3 Å². The SMILES string of the molecule is Cc1ccc(-c2c(C)sc3nc(CN4CCN(C(=O)c5cc(C)oc5C)CC4)[nH]c(=O)c23)cc1. The summed E-state index contributed by atoms with van der Waals surface area (Å²) in [6, 6.07) is 10.1. The first-order chi connectivity index (χ1) is 16.3. The maximum Gasteiger partial charge on any atom is 0.260 e. The molecule has 1 fully saturated rings. The lowest BCUT2D eigenvalue weighted by molar-refractivity contribution is 0.0624. The number of carbonyl (C=O) groups is 1. The molecule has 0 radical (unpaired) electrons. The molecular weight excluding hydrogens is 448 g/mol. The van der Waals surface area contributed by atoms with Gasteiger partial charge in [-0.2, -0.15) is 0 Å². The highest BCUT2D eigenvalue weighted by atomic mass is 32.1. The molecule has 34 heavy (non-hydrogen) atoms. The van der Waals surface area contributed by atoms with Crippen LogP contribution in [0.15, 0.2) is 39.5 Å². The van der Waals surface area contributed by atoms with E-state index in [1.165, 1.54) is 5.56 Å². The van der Waals surface area contributed by atoms with E-state index < -0.39 is 0 Å². The molecule has 176 valence electrons. The second-order valence-electron chi connectivity index (χ2n) is 8.99. The van der Waals surface area contributed by atoms with E-state index in [-0.39, 0.29) is 11.5 Å². The Hall–Kier alpha value is -3.23. The highest BCUT2D eigenvalue weighted by molar-refractivity contribution is 7.19. The van der Waals surface area contributed by atoms with E-state index >= 15 is 0 Å². The zero-order chi connectivity index (χ0) is 24.0. The summed E-state index contributed by atoms with van der Waals surface area (Å²) in [6.45, 7) is 11.0. The van der Waals surface area contributed by atoms with Crippen LogP contribution in [-0.2, 0) is 6.54 Å². The number of nitrogens with one attached hydrogen (secondary N) is 1. The molecule has 0 unspecified atom stereocenters. The van der Waals surface area contributed by atoms with Crippen LogP contribution >= 0.6 is 11.3 Å². The van der Waals surface area contributed by atoms with Crippen molar-refractivity contribution in [1.29, 1.82) is 0 Å². The molecule has 1 amide bonds. The molecule has 4 aromatic rings. The van der Waals surface area contributed by atoms with E-state index in [9.17, 15) is 9.59 Å². The van der Waals surface area contributed by atoms with Crippen LogP contribution in [0.2, 0.25) is 0 Å². The second-order valence-corrected chi connectivity index (χ2v) is 10.2. The summed E-state index contributed by atoms with van der Waals surface area (Å²) in [6.07, 6.45) is 0. The van der Waals surface area contributed by atoms with Crippen LogP contribution in [0.3, 0.4) is 0 Å². The molecule has 1 N–H and O–H groups in total. The number of hydrogen-bond acceptors (Lipinski definition) is 6. The van der Waals surface area contributed by atoms with E-state index in [4.69, 9.17) is 9.40 Å². The maximum absolute atomic E-state index is 13.1. The summed E-state index contributed by atoms with van der Waals surface area (Å²) in [5.74, 6) is 2.09. The van der Waals surface area contributed by atoms with Gasteiger partial charge in [0.05, 0.1) is 17.5 Å². The van der Waals surface area contributed by atoms with Crippen LogP contribution < -0.4 is 5.56 Å². The number of amides is 1. The van der Waals surface area contributed by atoms with Gasteiger partial charge in [0, 0.05) is 36.6 Å². The lowest BCUT2D eigenvalue weighted by Crippen LogP contribution is -2.48. The summed E-state index contributed by atoms with van der Waals surface area (Å²) in [4.78, 5) is 39.7. The van der Waals surface area contributed by atoms with Gasteiger partial charge in [-0.3, -0.25) is 14.5 Å². The van der Waals surface area contributed by atoms with Crippen LogP contribution in [0.5, 0.6) is 0 Å². The molecule has 1 aliphatic heterocycles. The van der Waals surface area contributed by atoms with Crippen molar-refractivity contribution >= 4 is 27.5 Å². The molecule has 1 aliphatic rings. The molecule has 0 spiro atoms. The Kier molecular flexibility index (Phi) is 5.87. The van der Waals surface area contributed by atoms with Gasteiger partial charge >= 0.3 is 0 Å². The Morgan fingerprint density at radius 3 is 2.44 bits per heavy atom. The Balaban J connectivity index is 1.31. The summed E-state index contributed by atoms with van der Waals surface area (Å²) in [5, 5.41) is 0.663. The fourth-order valence-electron chi connectivity index (χ4n) is 4.64. The third kappa shape index (κ3) is 4.19. The molecule has 3 aromatic heterocycles. The zero-order valence-corrected chi connectivity index (χ0v) is 20.7. The molecule has 8 heteroatoms.